The number of aliphatic imine (C=N–C) groups is 1. The van der Waals surface area contributed by atoms with Crippen molar-refractivity contribution < 1.29 is 4.74 Å². The average molecular weight is 422 g/mol. The van der Waals surface area contributed by atoms with Crippen LogP contribution in [0.4, 0.5) is 0 Å². The van der Waals surface area contributed by atoms with E-state index in [2.05, 4.69) is 21.8 Å². The third-order valence-corrected chi connectivity index (χ3v) is 4.66. The maximum absolute atomic E-state index is 6.14. The van der Waals surface area contributed by atoms with Crippen molar-refractivity contribution in [3.63, 3.8) is 0 Å². The van der Waals surface area contributed by atoms with Crippen LogP contribution in [-0.4, -0.2) is 28.0 Å². The molecule has 0 aliphatic heterocycles. The van der Waals surface area contributed by atoms with E-state index in [1.165, 1.54) is 0 Å². The Balaban J connectivity index is 1.97. The molecule has 0 fully saturated rings. The first-order chi connectivity index (χ1) is 14.5. The van der Waals surface area contributed by atoms with Gasteiger partial charge in [0.15, 0.2) is 0 Å². The lowest BCUT2D eigenvalue weighted by Gasteiger charge is -2.10. The third kappa shape index (κ3) is 5.23. The molecule has 2 N–H and O–H groups in total. The minimum Gasteiger partial charge on any atom is -0.420 e. The summed E-state index contributed by atoms with van der Waals surface area (Å²) in [6.07, 6.45) is 4.64. The Kier molecular flexibility index (Phi) is 7.17. The van der Waals surface area contributed by atoms with Crippen molar-refractivity contribution in [2.75, 3.05) is 6.54 Å². The van der Waals surface area contributed by atoms with E-state index in [0.717, 1.165) is 23.3 Å². The van der Waals surface area contributed by atoms with Gasteiger partial charge in [-0.05, 0) is 44.8 Å². The van der Waals surface area contributed by atoms with Crippen LogP contribution in [0.3, 0.4) is 0 Å². The molecule has 0 amide bonds. The first kappa shape index (κ1) is 21.5. The van der Waals surface area contributed by atoms with E-state index in [0.29, 0.717) is 34.7 Å². The van der Waals surface area contributed by atoms with Gasteiger partial charge in [0.1, 0.15) is 5.15 Å². The third-order valence-electron chi connectivity index (χ3n) is 4.44. The van der Waals surface area contributed by atoms with Crippen molar-refractivity contribution in [1.82, 2.24) is 14.8 Å². The number of allylic oxidation sites excluding steroid dienone is 2. The number of benzene rings is 1. The van der Waals surface area contributed by atoms with Gasteiger partial charge in [-0.25, -0.2) is 9.67 Å². The maximum atomic E-state index is 6.14. The number of hydrogen-bond acceptors (Lipinski definition) is 5. The van der Waals surface area contributed by atoms with Gasteiger partial charge in [0.25, 0.3) is 0 Å². The minimum absolute atomic E-state index is 0.317. The van der Waals surface area contributed by atoms with Crippen LogP contribution < -0.4 is 10.5 Å². The molecule has 2 aromatic heterocycles. The highest BCUT2D eigenvalue weighted by atomic mass is 35.5. The number of nitrogens with two attached hydrogens (primary N) is 1. The van der Waals surface area contributed by atoms with Gasteiger partial charge in [-0.15, -0.1) is 0 Å². The minimum atomic E-state index is 0.317. The van der Waals surface area contributed by atoms with Gasteiger partial charge in [-0.2, -0.15) is 5.10 Å². The van der Waals surface area contributed by atoms with Crippen LogP contribution in [0.5, 0.6) is 11.8 Å². The first-order valence-electron chi connectivity index (χ1n) is 9.50. The zero-order chi connectivity index (χ0) is 21.5. The molecule has 6 nitrogen and oxygen atoms in total. The molecular weight excluding hydrogens is 398 g/mol. The van der Waals surface area contributed by atoms with Crippen LogP contribution in [0.2, 0.25) is 5.15 Å². The summed E-state index contributed by atoms with van der Waals surface area (Å²) in [5.74, 6) is 0.858. The highest BCUT2D eigenvalue weighted by Crippen LogP contribution is 2.32. The average Bonchev–Trinajstić information content (AvgIpc) is 3.11. The van der Waals surface area contributed by atoms with E-state index in [1.807, 2.05) is 68.6 Å². The fraction of sp³-hybridized carbons (Fsp3) is 0.174. The van der Waals surface area contributed by atoms with Crippen molar-refractivity contribution in [2.24, 2.45) is 17.8 Å². The monoisotopic (exact) mass is 421 g/mol. The van der Waals surface area contributed by atoms with Crippen molar-refractivity contribution in [2.45, 2.75) is 13.3 Å². The quantitative estimate of drug-likeness (QED) is 0.305. The van der Waals surface area contributed by atoms with Crippen molar-refractivity contribution in [3.8, 4) is 23.0 Å². The molecule has 3 rings (SSSR count). The number of rotatable bonds is 8. The summed E-state index contributed by atoms with van der Waals surface area (Å²) in [7, 11) is 1.81. The molecule has 0 saturated carbocycles. The van der Waals surface area contributed by atoms with Crippen molar-refractivity contribution in [1.29, 1.82) is 0 Å². The molecule has 7 heteroatoms. The number of ether oxygens (including phenoxy) is 1. The zero-order valence-corrected chi connectivity index (χ0v) is 17.8. The normalized spacial score (nSPS) is 12.1. The lowest BCUT2D eigenvalue weighted by atomic mass is 10.1. The summed E-state index contributed by atoms with van der Waals surface area (Å²) in [4.78, 5) is 8.50. The summed E-state index contributed by atoms with van der Waals surface area (Å²) >= 11 is 6.14. The Morgan fingerprint density at radius 3 is 2.70 bits per heavy atom. The van der Waals surface area contributed by atoms with E-state index in [4.69, 9.17) is 22.1 Å². The molecule has 154 valence electrons. The molecule has 2 heterocycles. The van der Waals surface area contributed by atoms with Gasteiger partial charge in [-0.3, -0.25) is 4.99 Å². The molecule has 3 aromatic rings. The molecule has 0 aliphatic rings. The number of hydrogen-bond donors (Lipinski definition) is 1. The smallest absolute Gasteiger partial charge is 0.232 e. The van der Waals surface area contributed by atoms with Crippen molar-refractivity contribution in [3.05, 3.63) is 77.0 Å². The second kappa shape index (κ2) is 10.0. The molecule has 30 heavy (non-hydrogen) atoms. The zero-order valence-electron chi connectivity index (χ0n) is 17.0. The second-order valence-electron chi connectivity index (χ2n) is 6.71. The summed E-state index contributed by atoms with van der Waals surface area (Å²) in [5, 5.41) is 4.85. The second-order valence-corrected chi connectivity index (χ2v) is 7.10. The van der Waals surface area contributed by atoms with E-state index >= 15 is 0 Å². The summed E-state index contributed by atoms with van der Waals surface area (Å²) < 4.78 is 7.75. The summed E-state index contributed by atoms with van der Waals surface area (Å²) in [6, 6.07) is 15.2. The van der Waals surface area contributed by atoms with Gasteiger partial charge in [0.2, 0.25) is 11.8 Å². The molecule has 0 saturated heterocycles. The fourth-order valence-electron chi connectivity index (χ4n) is 2.85. The van der Waals surface area contributed by atoms with E-state index < -0.39 is 0 Å². The molecule has 0 atom stereocenters. The molecule has 1 aromatic carbocycles. The van der Waals surface area contributed by atoms with Crippen LogP contribution >= 0.6 is 11.6 Å². The van der Waals surface area contributed by atoms with Crippen LogP contribution in [0, 0.1) is 0 Å². The highest BCUT2D eigenvalue weighted by Gasteiger charge is 2.15. The van der Waals surface area contributed by atoms with Crippen molar-refractivity contribution >= 4 is 24.0 Å². The molecule has 0 spiro atoms. The maximum Gasteiger partial charge on any atom is 0.232 e. The SMILES string of the molecule is C=N/C(=C\C=C(/C)CCN)c1ccc(Cl)nc1Oc1cc(-c2ccccc2)nn1C. The number of aryl methyl sites for hydroxylation is 1. The van der Waals surface area contributed by atoms with Crippen LogP contribution in [0.1, 0.15) is 18.9 Å². The number of nitrogens with zero attached hydrogens (tertiary/aromatic N) is 4. The standard InChI is InChI=1S/C23H24ClN5O/c1-16(13-14-25)9-11-19(26-2)18-10-12-21(24)27-23(18)30-22-15-20(28-29(22)3)17-7-5-4-6-8-17/h4-12,15H,2,13-14,25H2,1,3H3/b16-9+,19-11-. The summed E-state index contributed by atoms with van der Waals surface area (Å²) in [6.45, 7) is 6.29. The Labute approximate surface area is 181 Å². The molecular formula is C23H24ClN5O. The van der Waals surface area contributed by atoms with Gasteiger partial charge in [0, 0.05) is 18.7 Å². The highest BCUT2D eigenvalue weighted by molar-refractivity contribution is 6.29. The first-order valence-corrected chi connectivity index (χ1v) is 9.88. The lowest BCUT2D eigenvalue weighted by Crippen LogP contribution is -1.99. The molecule has 0 radical (unpaired) electrons. The number of halogens is 1. The molecule has 0 unspecified atom stereocenters. The predicted molar refractivity (Wildman–Crippen MR) is 123 cm³/mol. The van der Waals surface area contributed by atoms with Gasteiger partial charge < -0.3 is 10.5 Å². The Morgan fingerprint density at radius 2 is 2.00 bits per heavy atom. The number of pyridine rings is 1. The van der Waals surface area contributed by atoms with Gasteiger partial charge in [0.05, 0.1) is 17.0 Å². The Bertz CT molecular complexity index is 1090. The lowest BCUT2D eigenvalue weighted by molar-refractivity contribution is 0.414. The Hall–Kier alpha value is -3.22. The van der Waals surface area contributed by atoms with E-state index in [1.54, 1.807) is 10.7 Å². The van der Waals surface area contributed by atoms with Crippen LogP contribution in [0.15, 0.2) is 71.2 Å². The van der Waals surface area contributed by atoms with E-state index in [-0.39, 0.29) is 0 Å². The fourth-order valence-corrected chi connectivity index (χ4v) is 2.98. The Morgan fingerprint density at radius 1 is 1.23 bits per heavy atom. The predicted octanol–water partition coefficient (Wildman–Crippen LogP) is 5.26. The van der Waals surface area contributed by atoms with Crippen LogP contribution in [0.25, 0.3) is 17.0 Å². The molecule has 0 aliphatic carbocycles. The molecule has 0 bridgehead atoms. The van der Waals surface area contributed by atoms with E-state index in [9.17, 15) is 0 Å². The van der Waals surface area contributed by atoms with Crippen LogP contribution in [-0.2, 0) is 7.05 Å². The van der Waals surface area contributed by atoms with Gasteiger partial charge >= 0.3 is 0 Å². The summed E-state index contributed by atoms with van der Waals surface area (Å²) in [5.41, 5.74) is 9.85. The number of aromatic nitrogens is 3. The topological polar surface area (TPSA) is 78.3 Å². The largest absolute Gasteiger partial charge is 0.420 e. The van der Waals surface area contributed by atoms with Gasteiger partial charge in [-0.1, -0.05) is 53.6 Å².